The Morgan fingerprint density at radius 2 is 1.81 bits per heavy atom. The van der Waals surface area contributed by atoms with Crippen molar-refractivity contribution in [2.24, 2.45) is 0 Å². The third-order valence-corrected chi connectivity index (χ3v) is 3.15. The van der Waals surface area contributed by atoms with E-state index < -0.39 is 5.97 Å². The van der Waals surface area contributed by atoms with Crippen LogP contribution in [0.25, 0.3) is 0 Å². The van der Waals surface area contributed by atoms with E-state index in [0.29, 0.717) is 15.8 Å². The molecule has 116 valence electrons. The largest absolute Gasteiger partial charge is 0.484 e. The van der Waals surface area contributed by atoms with E-state index >= 15 is 0 Å². The molecule has 21 heavy (non-hydrogen) atoms. The Kier molecular flexibility index (Phi) is 6.78. The highest BCUT2D eigenvalue weighted by Gasteiger charge is 2.18. The van der Waals surface area contributed by atoms with Gasteiger partial charge in [-0.1, -0.05) is 23.2 Å². The van der Waals surface area contributed by atoms with Gasteiger partial charge in [0.1, 0.15) is 5.75 Å². The van der Waals surface area contributed by atoms with Crippen LogP contribution >= 0.6 is 23.2 Å². The monoisotopic (exact) mass is 333 g/mol. The maximum atomic E-state index is 12.1. The summed E-state index contributed by atoms with van der Waals surface area (Å²) < 4.78 is 5.36. The molecule has 0 bridgehead atoms. The van der Waals surface area contributed by atoms with Gasteiger partial charge in [0.25, 0.3) is 5.91 Å². The molecule has 7 heteroatoms. The number of carbonyl (C=O) groups excluding carboxylic acids is 1. The highest BCUT2D eigenvalue weighted by molar-refractivity contribution is 6.34. The van der Waals surface area contributed by atoms with Crippen molar-refractivity contribution in [1.82, 2.24) is 4.90 Å². The molecule has 0 aliphatic heterocycles. The SMILES string of the molecule is CC(C)N(CCC(=O)O)C(=O)COc1cc(Cl)cc(Cl)c1. The average molecular weight is 334 g/mol. The third kappa shape index (κ3) is 6.23. The lowest BCUT2D eigenvalue weighted by atomic mass is 10.2. The van der Waals surface area contributed by atoms with Crippen molar-refractivity contribution in [2.75, 3.05) is 13.2 Å². The summed E-state index contributed by atoms with van der Waals surface area (Å²) in [5.74, 6) is -0.846. The van der Waals surface area contributed by atoms with Gasteiger partial charge in [-0.25, -0.2) is 0 Å². The summed E-state index contributed by atoms with van der Waals surface area (Å²) in [6.45, 7) is 3.58. The topological polar surface area (TPSA) is 66.8 Å². The first-order valence-electron chi connectivity index (χ1n) is 6.39. The summed E-state index contributed by atoms with van der Waals surface area (Å²) in [6.07, 6.45) is -0.104. The molecule has 1 N–H and O–H groups in total. The van der Waals surface area contributed by atoms with Gasteiger partial charge in [-0.05, 0) is 32.0 Å². The van der Waals surface area contributed by atoms with Crippen molar-refractivity contribution in [1.29, 1.82) is 0 Å². The van der Waals surface area contributed by atoms with Crippen molar-refractivity contribution >= 4 is 35.1 Å². The molecule has 0 aliphatic rings. The molecule has 5 nitrogen and oxygen atoms in total. The normalized spacial score (nSPS) is 10.5. The number of hydrogen-bond donors (Lipinski definition) is 1. The van der Waals surface area contributed by atoms with Gasteiger partial charge in [-0.2, -0.15) is 0 Å². The highest BCUT2D eigenvalue weighted by Crippen LogP contribution is 2.24. The summed E-state index contributed by atoms with van der Waals surface area (Å²) in [7, 11) is 0. The highest BCUT2D eigenvalue weighted by atomic mass is 35.5. The van der Waals surface area contributed by atoms with E-state index in [4.69, 9.17) is 33.0 Å². The van der Waals surface area contributed by atoms with Gasteiger partial charge in [-0.15, -0.1) is 0 Å². The molecule has 0 saturated carbocycles. The van der Waals surface area contributed by atoms with E-state index in [0.717, 1.165) is 0 Å². The molecular formula is C14H17Cl2NO4. The number of carboxylic acids is 1. The number of nitrogens with zero attached hydrogens (tertiary/aromatic N) is 1. The molecule has 0 atom stereocenters. The van der Waals surface area contributed by atoms with Gasteiger partial charge in [-0.3, -0.25) is 9.59 Å². The predicted octanol–water partition coefficient (Wildman–Crippen LogP) is 3.08. The lowest BCUT2D eigenvalue weighted by Crippen LogP contribution is -2.41. The Hall–Kier alpha value is -1.46. The van der Waals surface area contributed by atoms with Gasteiger partial charge in [0.05, 0.1) is 6.42 Å². The second-order valence-corrected chi connectivity index (χ2v) is 5.59. The molecule has 0 aromatic heterocycles. The van der Waals surface area contributed by atoms with Crippen LogP contribution in [0.5, 0.6) is 5.75 Å². The molecule has 0 aliphatic carbocycles. The van der Waals surface area contributed by atoms with Crippen LogP contribution in [0.2, 0.25) is 10.0 Å². The fourth-order valence-corrected chi connectivity index (χ4v) is 2.23. The number of carboxylic acid groups (broad SMARTS) is 1. The van der Waals surface area contributed by atoms with Crippen molar-refractivity contribution in [3.63, 3.8) is 0 Å². The number of benzene rings is 1. The number of hydrogen-bond acceptors (Lipinski definition) is 3. The van der Waals surface area contributed by atoms with E-state index in [9.17, 15) is 9.59 Å². The molecule has 0 spiro atoms. The zero-order valence-corrected chi connectivity index (χ0v) is 13.3. The second-order valence-electron chi connectivity index (χ2n) is 4.72. The molecule has 0 unspecified atom stereocenters. The van der Waals surface area contributed by atoms with Gasteiger partial charge in [0.15, 0.2) is 6.61 Å². The Labute approximate surface area is 133 Å². The summed E-state index contributed by atoms with van der Waals surface area (Å²) >= 11 is 11.7. The first-order chi connectivity index (χ1) is 9.79. The van der Waals surface area contributed by atoms with Crippen LogP contribution in [-0.4, -0.2) is 41.1 Å². The van der Waals surface area contributed by atoms with Crippen LogP contribution < -0.4 is 4.74 Å². The van der Waals surface area contributed by atoms with Crippen molar-refractivity contribution in [3.8, 4) is 5.75 Å². The van der Waals surface area contributed by atoms with E-state index in [1.807, 2.05) is 13.8 Å². The molecule has 1 amide bonds. The number of ether oxygens (including phenoxy) is 1. The Bertz CT molecular complexity index is 499. The molecule has 0 radical (unpaired) electrons. The van der Waals surface area contributed by atoms with Crippen molar-refractivity contribution < 1.29 is 19.4 Å². The fourth-order valence-electron chi connectivity index (χ4n) is 1.73. The average Bonchev–Trinajstić information content (AvgIpc) is 2.34. The smallest absolute Gasteiger partial charge is 0.305 e. The minimum atomic E-state index is -0.948. The van der Waals surface area contributed by atoms with Crippen LogP contribution in [0, 0.1) is 0 Å². The number of aliphatic carboxylic acids is 1. The van der Waals surface area contributed by atoms with Crippen molar-refractivity contribution in [3.05, 3.63) is 28.2 Å². The van der Waals surface area contributed by atoms with Gasteiger partial charge in [0, 0.05) is 22.6 Å². The molecule has 0 heterocycles. The lowest BCUT2D eigenvalue weighted by molar-refractivity contribution is -0.139. The molecule has 0 fully saturated rings. The quantitative estimate of drug-likeness (QED) is 0.832. The minimum absolute atomic E-state index is 0.104. The number of halogens is 2. The number of carbonyl (C=O) groups is 2. The first kappa shape index (κ1) is 17.6. The maximum Gasteiger partial charge on any atom is 0.305 e. The first-order valence-corrected chi connectivity index (χ1v) is 7.15. The Morgan fingerprint density at radius 1 is 1.24 bits per heavy atom. The van der Waals surface area contributed by atoms with Gasteiger partial charge < -0.3 is 14.7 Å². The number of rotatable bonds is 7. The van der Waals surface area contributed by atoms with E-state index in [-0.39, 0.29) is 31.5 Å². The molecule has 1 aromatic carbocycles. The minimum Gasteiger partial charge on any atom is -0.484 e. The second kappa shape index (κ2) is 8.10. The van der Waals surface area contributed by atoms with E-state index in [1.54, 1.807) is 18.2 Å². The summed E-state index contributed by atoms with van der Waals surface area (Å²) in [5.41, 5.74) is 0. The fraction of sp³-hybridized carbons (Fsp3) is 0.429. The molecular weight excluding hydrogens is 317 g/mol. The lowest BCUT2D eigenvalue weighted by Gasteiger charge is -2.26. The van der Waals surface area contributed by atoms with Gasteiger partial charge in [0.2, 0.25) is 0 Å². The zero-order valence-electron chi connectivity index (χ0n) is 11.8. The van der Waals surface area contributed by atoms with Gasteiger partial charge >= 0.3 is 5.97 Å². The summed E-state index contributed by atoms with van der Waals surface area (Å²) in [5, 5.41) is 9.52. The summed E-state index contributed by atoms with van der Waals surface area (Å²) in [4.78, 5) is 24.1. The van der Waals surface area contributed by atoms with Crippen LogP contribution in [0.15, 0.2) is 18.2 Å². The number of amides is 1. The van der Waals surface area contributed by atoms with Crippen molar-refractivity contribution in [2.45, 2.75) is 26.3 Å². The van der Waals surface area contributed by atoms with Crippen LogP contribution in [-0.2, 0) is 9.59 Å². The molecule has 1 rings (SSSR count). The standard InChI is InChI=1S/C14H17Cl2NO4/c1-9(2)17(4-3-14(19)20)13(18)8-21-12-6-10(15)5-11(16)7-12/h5-7,9H,3-4,8H2,1-2H3,(H,19,20). The van der Waals surface area contributed by atoms with Crippen LogP contribution in [0.4, 0.5) is 0 Å². The Morgan fingerprint density at radius 3 is 2.29 bits per heavy atom. The molecule has 0 saturated heterocycles. The maximum absolute atomic E-state index is 12.1. The van der Waals surface area contributed by atoms with E-state index in [1.165, 1.54) is 4.90 Å². The third-order valence-electron chi connectivity index (χ3n) is 2.71. The Balaban J connectivity index is 2.62. The van der Waals surface area contributed by atoms with Crippen LogP contribution in [0.1, 0.15) is 20.3 Å². The van der Waals surface area contributed by atoms with Crippen LogP contribution in [0.3, 0.4) is 0 Å². The van der Waals surface area contributed by atoms with E-state index in [2.05, 4.69) is 0 Å². The predicted molar refractivity (Wildman–Crippen MR) is 81.1 cm³/mol. The zero-order chi connectivity index (χ0) is 16.0. The molecule has 1 aromatic rings. The summed E-state index contributed by atoms with van der Waals surface area (Å²) in [6, 6.07) is 4.56.